The molecule has 1 saturated carbocycles. The highest BCUT2D eigenvalue weighted by molar-refractivity contribution is 6.35. The third kappa shape index (κ3) is 7.41. The molecule has 0 aliphatic heterocycles. The van der Waals surface area contributed by atoms with Crippen LogP contribution < -0.4 is 0 Å². The van der Waals surface area contributed by atoms with E-state index in [0.29, 0.717) is 5.56 Å². The first-order chi connectivity index (χ1) is 17.7. The third-order valence-corrected chi connectivity index (χ3v) is 6.94. The summed E-state index contributed by atoms with van der Waals surface area (Å²) in [7, 11) is 0. The molecule has 38 heavy (non-hydrogen) atoms. The standard InChI is InChI=1S/C26H29Cl2F3N4O3/c1-25(2,3)10-4-11-34(12-9-18-20(27)14-32-15-21(18)28)23(36)19-13-33-35(22(19)26(29,30)31)17-7-5-16(6-8-17)24(37)38/h13-17H,5-9,11-12H2,1-3H3,(H,37,38). The summed E-state index contributed by atoms with van der Waals surface area (Å²) in [5.74, 6) is 3.47. The first-order valence-electron chi connectivity index (χ1n) is 12.1. The topological polar surface area (TPSA) is 88.3 Å². The van der Waals surface area contributed by atoms with Gasteiger partial charge in [0, 0.05) is 24.4 Å². The summed E-state index contributed by atoms with van der Waals surface area (Å²) in [5.41, 5.74) is -1.58. The van der Waals surface area contributed by atoms with Crippen LogP contribution >= 0.6 is 23.2 Å². The molecule has 206 valence electrons. The van der Waals surface area contributed by atoms with Gasteiger partial charge in [0.05, 0.1) is 40.3 Å². The molecule has 1 amide bonds. The monoisotopic (exact) mass is 572 g/mol. The van der Waals surface area contributed by atoms with E-state index < -0.39 is 41.3 Å². The summed E-state index contributed by atoms with van der Waals surface area (Å²) < 4.78 is 43.7. The van der Waals surface area contributed by atoms with E-state index in [1.165, 1.54) is 17.3 Å². The Kier molecular flexibility index (Phi) is 9.37. The predicted molar refractivity (Wildman–Crippen MR) is 137 cm³/mol. The Balaban J connectivity index is 1.94. The Morgan fingerprint density at radius 2 is 1.71 bits per heavy atom. The van der Waals surface area contributed by atoms with E-state index in [2.05, 4.69) is 21.9 Å². The Morgan fingerprint density at radius 3 is 2.24 bits per heavy atom. The molecule has 0 saturated heterocycles. The number of aromatic nitrogens is 3. The minimum atomic E-state index is -4.86. The molecule has 2 aromatic heterocycles. The van der Waals surface area contributed by atoms with Crippen molar-refractivity contribution < 1.29 is 27.9 Å². The average molecular weight is 573 g/mol. The number of nitrogens with zero attached hydrogens (tertiary/aromatic N) is 4. The number of hydrogen-bond donors (Lipinski definition) is 1. The lowest BCUT2D eigenvalue weighted by molar-refractivity contribution is -0.147. The van der Waals surface area contributed by atoms with E-state index in [4.69, 9.17) is 23.2 Å². The molecule has 2 heterocycles. The SMILES string of the molecule is CC(C)(C)C#CCN(CCc1c(Cl)cncc1Cl)C(=O)c1cnn(C2CCC(C(=O)O)CC2)c1C(F)(F)F. The Bertz CT molecular complexity index is 1220. The summed E-state index contributed by atoms with van der Waals surface area (Å²) >= 11 is 12.4. The second kappa shape index (κ2) is 12.0. The minimum absolute atomic E-state index is 0.00725. The molecule has 1 aliphatic carbocycles. The van der Waals surface area contributed by atoms with Crippen LogP contribution in [-0.2, 0) is 17.4 Å². The molecule has 0 aromatic carbocycles. The van der Waals surface area contributed by atoms with Crippen molar-refractivity contribution in [3.63, 3.8) is 0 Å². The molecule has 0 bridgehead atoms. The average Bonchev–Trinajstić information content (AvgIpc) is 3.27. The van der Waals surface area contributed by atoms with E-state index in [9.17, 15) is 27.9 Å². The number of halogens is 5. The van der Waals surface area contributed by atoms with Crippen molar-refractivity contribution >= 4 is 35.1 Å². The molecule has 2 aromatic rings. The highest BCUT2D eigenvalue weighted by atomic mass is 35.5. The normalized spacial score (nSPS) is 18.0. The van der Waals surface area contributed by atoms with Gasteiger partial charge in [-0.05, 0) is 58.4 Å². The van der Waals surface area contributed by atoms with Gasteiger partial charge in [-0.1, -0.05) is 35.0 Å². The number of hydrogen-bond acceptors (Lipinski definition) is 4. The van der Waals surface area contributed by atoms with Gasteiger partial charge in [-0.3, -0.25) is 19.3 Å². The Labute approximate surface area is 229 Å². The number of pyridine rings is 1. The number of rotatable bonds is 7. The zero-order valence-corrected chi connectivity index (χ0v) is 22.8. The van der Waals surface area contributed by atoms with Crippen molar-refractivity contribution in [3.05, 3.63) is 45.5 Å². The van der Waals surface area contributed by atoms with Crippen molar-refractivity contribution in [1.29, 1.82) is 0 Å². The molecule has 1 N–H and O–H groups in total. The van der Waals surface area contributed by atoms with Crippen molar-refractivity contribution in [2.75, 3.05) is 13.1 Å². The van der Waals surface area contributed by atoms with Crippen LogP contribution in [0.1, 0.15) is 74.1 Å². The minimum Gasteiger partial charge on any atom is -0.481 e. The van der Waals surface area contributed by atoms with Crippen molar-refractivity contribution in [2.45, 2.75) is 65.1 Å². The molecular weight excluding hydrogens is 544 g/mol. The number of carboxylic acid groups (broad SMARTS) is 1. The quantitative estimate of drug-likeness (QED) is 0.402. The molecule has 0 unspecified atom stereocenters. The van der Waals surface area contributed by atoms with E-state index in [1.807, 2.05) is 20.8 Å². The van der Waals surface area contributed by atoms with Crippen molar-refractivity contribution in [2.24, 2.45) is 11.3 Å². The lowest BCUT2D eigenvalue weighted by atomic mass is 9.86. The van der Waals surface area contributed by atoms with Crippen LogP contribution in [0, 0.1) is 23.2 Å². The van der Waals surface area contributed by atoms with E-state index in [-0.39, 0.29) is 60.7 Å². The van der Waals surface area contributed by atoms with Crippen molar-refractivity contribution in [3.8, 4) is 11.8 Å². The molecule has 3 rings (SSSR count). The number of alkyl halides is 3. The third-order valence-electron chi connectivity index (χ3n) is 6.29. The number of amides is 1. The lowest BCUT2D eigenvalue weighted by Gasteiger charge is -2.28. The first-order valence-corrected chi connectivity index (χ1v) is 12.9. The van der Waals surface area contributed by atoms with Crippen molar-refractivity contribution in [1.82, 2.24) is 19.7 Å². The maximum atomic E-state index is 14.3. The van der Waals surface area contributed by atoms with Gasteiger partial charge in [0.1, 0.15) is 0 Å². The van der Waals surface area contributed by atoms with Crippen LogP contribution in [0.15, 0.2) is 18.6 Å². The molecule has 1 fully saturated rings. The molecule has 0 spiro atoms. The molecular formula is C26H29Cl2F3N4O3. The summed E-state index contributed by atoms with van der Waals surface area (Å²) in [5, 5.41) is 13.7. The van der Waals surface area contributed by atoms with E-state index in [1.54, 1.807) is 0 Å². The van der Waals surface area contributed by atoms with Gasteiger partial charge in [0.2, 0.25) is 0 Å². The molecule has 0 atom stereocenters. The van der Waals surface area contributed by atoms with Crippen LogP contribution in [0.25, 0.3) is 0 Å². The summed E-state index contributed by atoms with van der Waals surface area (Å²) in [6, 6.07) is -0.660. The van der Waals surface area contributed by atoms with E-state index in [0.717, 1.165) is 10.9 Å². The predicted octanol–water partition coefficient (Wildman–Crippen LogP) is 6.15. The lowest BCUT2D eigenvalue weighted by Crippen LogP contribution is -2.35. The van der Waals surface area contributed by atoms with Gasteiger partial charge in [-0.2, -0.15) is 18.3 Å². The highest BCUT2D eigenvalue weighted by Crippen LogP contribution is 2.39. The highest BCUT2D eigenvalue weighted by Gasteiger charge is 2.43. The number of carbonyl (C=O) groups excluding carboxylic acids is 1. The smallest absolute Gasteiger partial charge is 0.433 e. The Morgan fingerprint density at radius 1 is 1.11 bits per heavy atom. The van der Waals surface area contributed by atoms with Crippen LogP contribution in [0.2, 0.25) is 10.0 Å². The van der Waals surface area contributed by atoms with Crippen LogP contribution in [-0.4, -0.2) is 49.7 Å². The fourth-order valence-corrected chi connectivity index (χ4v) is 4.95. The van der Waals surface area contributed by atoms with Gasteiger partial charge < -0.3 is 10.0 Å². The number of aliphatic carboxylic acids is 1. The van der Waals surface area contributed by atoms with Gasteiger partial charge in [-0.25, -0.2) is 0 Å². The maximum Gasteiger partial charge on any atom is 0.433 e. The summed E-state index contributed by atoms with van der Waals surface area (Å²) in [6.45, 7) is 5.55. The zero-order chi connectivity index (χ0) is 28.3. The van der Waals surface area contributed by atoms with E-state index >= 15 is 0 Å². The second-order valence-electron chi connectivity index (χ2n) is 10.3. The molecule has 1 aliphatic rings. The largest absolute Gasteiger partial charge is 0.481 e. The number of carboxylic acids is 1. The van der Waals surface area contributed by atoms with Gasteiger partial charge >= 0.3 is 12.1 Å². The van der Waals surface area contributed by atoms with Crippen LogP contribution in [0.5, 0.6) is 0 Å². The molecule has 0 radical (unpaired) electrons. The zero-order valence-electron chi connectivity index (χ0n) is 21.3. The van der Waals surface area contributed by atoms with Gasteiger partial charge in [0.15, 0.2) is 5.69 Å². The second-order valence-corrected chi connectivity index (χ2v) is 11.1. The van der Waals surface area contributed by atoms with Crippen LogP contribution in [0.4, 0.5) is 13.2 Å². The molecule has 7 nitrogen and oxygen atoms in total. The maximum absolute atomic E-state index is 14.3. The Hall–Kier alpha value is -2.77. The van der Waals surface area contributed by atoms with Crippen LogP contribution in [0.3, 0.4) is 0 Å². The summed E-state index contributed by atoms with van der Waals surface area (Å²) in [6.07, 6.45) is -0.0258. The fourth-order valence-electron chi connectivity index (χ4n) is 4.39. The summed E-state index contributed by atoms with van der Waals surface area (Å²) in [4.78, 5) is 29.9. The van der Waals surface area contributed by atoms with Gasteiger partial charge in [-0.15, -0.1) is 0 Å². The van der Waals surface area contributed by atoms with Gasteiger partial charge in [0.25, 0.3) is 5.91 Å². The number of carbonyl (C=O) groups is 2. The first kappa shape index (κ1) is 29.8. The molecule has 12 heteroatoms. The fraction of sp³-hybridized carbons (Fsp3) is 0.538.